The molecule has 3 rings (SSSR count). The van der Waals surface area contributed by atoms with Crippen molar-refractivity contribution in [1.82, 2.24) is 10.2 Å². The maximum absolute atomic E-state index is 6.34. The molecule has 6 heteroatoms. The number of likely N-dealkylation sites (N-methyl/N-ethyl adjacent to an activating group) is 1. The lowest BCUT2D eigenvalue weighted by Crippen LogP contribution is -2.30. The molecule has 0 saturated heterocycles. The average Bonchev–Trinajstić information content (AvgIpc) is 2.96. The molecule has 1 unspecified atom stereocenters. The van der Waals surface area contributed by atoms with Crippen molar-refractivity contribution in [2.24, 2.45) is 0 Å². The molecule has 24 heavy (non-hydrogen) atoms. The van der Waals surface area contributed by atoms with Gasteiger partial charge in [-0.05, 0) is 43.9 Å². The van der Waals surface area contributed by atoms with Crippen molar-refractivity contribution in [3.05, 3.63) is 46.9 Å². The van der Waals surface area contributed by atoms with Gasteiger partial charge >= 0.3 is 0 Å². The van der Waals surface area contributed by atoms with Crippen molar-refractivity contribution in [3.63, 3.8) is 0 Å². The van der Waals surface area contributed by atoms with Crippen molar-refractivity contribution in [3.8, 4) is 11.5 Å². The van der Waals surface area contributed by atoms with Gasteiger partial charge in [0.2, 0.25) is 0 Å². The first-order chi connectivity index (χ1) is 11.6. The lowest BCUT2D eigenvalue weighted by Gasteiger charge is -2.22. The van der Waals surface area contributed by atoms with Crippen LogP contribution in [-0.4, -0.2) is 38.8 Å². The van der Waals surface area contributed by atoms with E-state index in [4.69, 9.17) is 25.5 Å². The molecule has 2 heterocycles. The number of nitrogens with one attached hydrogen (secondary N) is 1. The van der Waals surface area contributed by atoms with Crippen molar-refractivity contribution in [2.75, 3.05) is 33.9 Å². The Labute approximate surface area is 147 Å². The first kappa shape index (κ1) is 17.1. The van der Waals surface area contributed by atoms with Gasteiger partial charge in [-0.3, -0.25) is 4.90 Å². The zero-order chi connectivity index (χ0) is 16.9. The SMILES string of the molecule is CN(C)C(CNCc1cc(Cl)c2c(c1)OCCCO2)c1ccco1. The summed E-state index contributed by atoms with van der Waals surface area (Å²) in [5, 5.41) is 4.06. The van der Waals surface area contributed by atoms with E-state index in [2.05, 4.69) is 10.2 Å². The molecule has 0 bridgehead atoms. The topological polar surface area (TPSA) is 46.9 Å². The predicted octanol–water partition coefficient (Wildman–Crippen LogP) is 3.49. The molecule has 1 atom stereocenters. The lowest BCUT2D eigenvalue weighted by atomic mass is 10.1. The minimum Gasteiger partial charge on any atom is -0.489 e. The highest BCUT2D eigenvalue weighted by Crippen LogP contribution is 2.38. The Morgan fingerprint density at radius 2 is 2.08 bits per heavy atom. The highest BCUT2D eigenvalue weighted by molar-refractivity contribution is 6.32. The molecule has 0 amide bonds. The second-order valence-corrected chi connectivity index (χ2v) is 6.49. The molecule has 130 valence electrons. The van der Waals surface area contributed by atoms with Gasteiger partial charge in [0.05, 0.1) is 30.5 Å². The number of furan rings is 1. The molecule has 0 spiro atoms. The summed E-state index contributed by atoms with van der Waals surface area (Å²) in [6.07, 6.45) is 2.57. The number of fused-ring (bicyclic) bond motifs is 1. The van der Waals surface area contributed by atoms with Crippen LogP contribution in [0.25, 0.3) is 0 Å². The summed E-state index contributed by atoms with van der Waals surface area (Å²) >= 11 is 6.34. The molecule has 1 aromatic heterocycles. The van der Waals surface area contributed by atoms with Gasteiger partial charge in [0.25, 0.3) is 0 Å². The minimum atomic E-state index is 0.177. The monoisotopic (exact) mass is 350 g/mol. The largest absolute Gasteiger partial charge is 0.489 e. The maximum Gasteiger partial charge on any atom is 0.179 e. The third-order valence-electron chi connectivity index (χ3n) is 4.02. The smallest absolute Gasteiger partial charge is 0.179 e. The fourth-order valence-electron chi connectivity index (χ4n) is 2.76. The number of nitrogens with zero attached hydrogens (tertiary/aromatic N) is 1. The zero-order valence-corrected chi connectivity index (χ0v) is 14.8. The normalized spacial score (nSPS) is 15.3. The van der Waals surface area contributed by atoms with Gasteiger partial charge in [-0.25, -0.2) is 0 Å². The van der Waals surface area contributed by atoms with E-state index in [0.29, 0.717) is 30.5 Å². The summed E-state index contributed by atoms with van der Waals surface area (Å²) in [4.78, 5) is 2.13. The first-order valence-electron chi connectivity index (χ1n) is 8.13. The molecular formula is C18H23ClN2O3. The van der Waals surface area contributed by atoms with Crippen LogP contribution >= 0.6 is 11.6 Å². The van der Waals surface area contributed by atoms with Crippen LogP contribution in [0.4, 0.5) is 0 Å². The molecule has 0 saturated carbocycles. The molecule has 1 aliphatic heterocycles. The van der Waals surface area contributed by atoms with Gasteiger partial charge in [-0.2, -0.15) is 0 Å². The van der Waals surface area contributed by atoms with Gasteiger partial charge in [0.15, 0.2) is 11.5 Å². The fraction of sp³-hybridized carbons (Fsp3) is 0.444. The van der Waals surface area contributed by atoms with Crippen LogP contribution < -0.4 is 14.8 Å². The molecule has 0 aliphatic carbocycles. The number of hydrogen-bond acceptors (Lipinski definition) is 5. The van der Waals surface area contributed by atoms with Crippen LogP contribution in [0.1, 0.15) is 23.8 Å². The third-order valence-corrected chi connectivity index (χ3v) is 4.30. The van der Waals surface area contributed by atoms with Crippen molar-refractivity contribution < 1.29 is 13.9 Å². The van der Waals surface area contributed by atoms with E-state index in [0.717, 1.165) is 30.0 Å². The van der Waals surface area contributed by atoms with E-state index >= 15 is 0 Å². The molecule has 0 fully saturated rings. The maximum atomic E-state index is 6.34. The summed E-state index contributed by atoms with van der Waals surface area (Å²) in [7, 11) is 4.08. The summed E-state index contributed by atoms with van der Waals surface area (Å²) in [6, 6.07) is 8.01. The standard InChI is InChI=1S/C18H23ClN2O3/c1-21(2)15(16-5-3-6-22-16)12-20-11-13-9-14(19)18-17(10-13)23-7-4-8-24-18/h3,5-6,9-10,15,20H,4,7-8,11-12H2,1-2H3. The summed E-state index contributed by atoms with van der Waals surface area (Å²) in [5.41, 5.74) is 1.07. The quantitative estimate of drug-likeness (QED) is 0.864. The van der Waals surface area contributed by atoms with E-state index in [1.807, 2.05) is 38.4 Å². The summed E-state index contributed by atoms with van der Waals surface area (Å²) < 4.78 is 16.9. The van der Waals surface area contributed by atoms with E-state index in [9.17, 15) is 0 Å². The van der Waals surface area contributed by atoms with E-state index < -0.39 is 0 Å². The second-order valence-electron chi connectivity index (χ2n) is 6.08. The van der Waals surface area contributed by atoms with Crippen molar-refractivity contribution in [1.29, 1.82) is 0 Å². The Morgan fingerprint density at radius 3 is 2.83 bits per heavy atom. The van der Waals surface area contributed by atoms with Gasteiger partial charge in [-0.1, -0.05) is 11.6 Å². The molecule has 1 aromatic carbocycles. The molecule has 2 aromatic rings. The number of benzene rings is 1. The van der Waals surface area contributed by atoms with E-state index in [1.54, 1.807) is 6.26 Å². The zero-order valence-electron chi connectivity index (χ0n) is 14.0. The molecular weight excluding hydrogens is 328 g/mol. The Morgan fingerprint density at radius 1 is 1.25 bits per heavy atom. The number of ether oxygens (including phenoxy) is 2. The highest BCUT2D eigenvalue weighted by Gasteiger charge is 2.18. The van der Waals surface area contributed by atoms with Gasteiger partial charge in [0, 0.05) is 19.5 Å². The van der Waals surface area contributed by atoms with E-state index in [-0.39, 0.29) is 6.04 Å². The van der Waals surface area contributed by atoms with Crippen molar-refractivity contribution in [2.45, 2.75) is 19.0 Å². The number of rotatable bonds is 6. The van der Waals surface area contributed by atoms with Crippen LogP contribution in [0.5, 0.6) is 11.5 Å². The summed E-state index contributed by atoms with van der Waals surface area (Å²) in [5.74, 6) is 2.33. The summed E-state index contributed by atoms with van der Waals surface area (Å²) in [6.45, 7) is 2.76. The average molecular weight is 351 g/mol. The van der Waals surface area contributed by atoms with Gasteiger partial charge in [0.1, 0.15) is 5.76 Å². The predicted molar refractivity (Wildman–Crippen MR) is 93.9 cm³/mol. The third kappa shape index (κ3) is 4.04. The van der Waals surface area contributed by atoms with Crippen molar-refractivity contribution >= 4 is 11.6 Å². The van der Waals surface area contributed by atoms with Crippen LogP contribution in [0, 0.1) is 0 Å². The second kappa shape index (κ2) is 7.92. The first-order valence-corrected chi connectivity index (χ1v) is 8.51. The molecule has 0 radical (unpaired) electrons. The van der Waals surface area contributed by atoms with Crippen LogP contribution in [0.3, 0.4) is 0 Å². The van der Waals surface area contributed by atoms with Gasteiger partial charge in [-0.15, -0.1) is 0 Å². The highest BCUT2D eigenvalue weighted by atomic mass is 35.5. The number of hydrogen-bond donors (Lipinski definition) is 1. The Hall–Kier alpha value is -1.69. The van der Waals surface area contributed by atoms with Crippen LogP contribution in [0.15, 0.2) is 34.9 Å². The lowest BCUT2D eigenvalue weighted by molar-refractivity contribution is 0.250. The van der Waals surface area contributed by atoms with Crippen LogP contribution in [-0.2, 0) is 6.54 Å². The van der Waals surface area contributed by atoms with Gasteiger partial charge < -0.3 is 19.2 Å². The number of halogens is 1. The minimum absolute atomic E-state index is 0.177. The Kier molecular flexibility index (Phi) is 5.66. The Bertz CT molecular complexity index is 659. The van der Waals surface area contributed by atoms with Crippen LogP contribution in [0.2, 0.25) is 5.02 Å². The molecule has 1 N–H and O–H groups in total. The van der Waals surface area contributed by atoms with E-state index in [1.165, 1.54) is 0 Å². The molecule has 5 nitrogen and oxygen atoms in total. The fourth-order valence-corrected chi connectivity index (χ4v) is 3.05. The molecule has 1 aliphatic rings. The Balaban J connectivity index is 1.64.